The summed E-state index contributed by atoms with van der Waals surface area (Å²) in [6.45, 7) is 1.60. The van der Waals surface area contributed by atoms with Crippen molar-refractivity contribution in [1.29, 1.82) is 0 Å². The highest BCUT2D eigenvalue weighted by Gasteiger charge is 2.34. The van der Waals surface area contributed by atoms with Crippen molar-refractivity contribution in [2.24, 2.45) is 0 Å². The zero-order valence-corrected chi connectivity index (χ0v) is 16.1. The molecule has 148 valence electrons. The first kappa shape index (κ1) is 20.4. The molecule has 3 rings (SSSR count). The van der Waals surface area contributed by atoms with E-state index in [1.165, 1.54) is 0 Å². The summed E-state index contributed by atoms with van der Waals surface area (Å²) in [6.07, 6.45) is 0.267. The molecule has 0 aliphatic heterocycles. The number of aromatic nitrogens is 2. The molecule has 5 nitrogen and oxygen atoms in total. The molecule has 0 unspecified atom stereocenters. The smallest absolute Gasteiger partial charge is 0.306 e. The molecule has 0 amide bonds. The maximum absolute atomic E-state index is 13.0. The van der Waals surface area contributed by atoms with Crippen molar-refractivity contribution in [2.75, 3.05) is 0 Å². The standard InChI is InChI=1S/C18H15ClF3N3O2S/c1-12(13-2-4-14(5-3-13)25-9-8-23-11-25)24-28(26,27)15-6-7-17(19)16(10-15)18(20,21)22/h2-12,24H,1H3/t12-/m0/s1. The molecule has 10 heteroatoms. The molecule has 1 aromatic heterocycles. The molecule has 0 fully saturated rings. The van der Waals surface area contributed by atoms with Gasteiger partial charge in [0.05, 0.1) is 21.8 Å². The van der Waals surface area contributed by atoms with Crippen LogP contribution in [0.15, 0.2) is 66.1 Å². The van der Waals surface area contributed by atoms with E-state index in [0.29, 0.717) is 11.6 Å². The predicted octanol–water partition coefficient (Wildman–Crippen LogP) is 4.58. The van der Waals surface area contributed by atoms with Crippen molar-refractivity contribution in [3.63, 3.8) is 0 Å². The van der Waals surface area contributed by atoms with E-state index in [2.05, 4.69) is 9.71 Å². The summed E-state index contributed by atoms with van der Waals surface area (Å²) in [5.74, 6) is 0. The molecule has 1 N–H and O–H groups in total. The van der Waals surface area contributed by atoms with Gasteiger partial charge in [0.1, 0.15) is 0 Å². The highest BCUT2D eigenvalue weighted by Crippen LogP contribution is 2.36. The van der Waals surface area contributed by atoms with Gasteiger partial charge in [0.2, 0.25) is 10.0 Å². The minimum absolute atomic E-state index is 0.508. The van der Waals surface area contributed by atoms with Gasteiger partial charge in [-0.25, -0.2) is 18.1 Å². The maximum atomic E-state index is 13.0. The molecule has 0 aliphatic carbocycles. The highest BCUT2D eigenvalue weighted by molar-refractivity contribution is 7.89. The molecular formula is C18H15ClF3N3O2S. The first-order valence-electron chi connectivity index (χ1n) is 8.05. The molecule has 2 aromatic carbocycles. The first-order valence-corrected chi connectivity index (χ1v) is 9.91. The Morgan fingerprint density at radius 3 is 2.39 bits per heavy atom. The van der Waals surface area contributed by atoms with E-state index in [-0.39, 0.29) is 0 Å². The number of imidazole rings is 1. The van der Waals surface area contributed by atoms with Crippen LogP contribution in [0.3, 0.4) is 0 Å². The third kappa shape index (κ3) is 4.37. The number of sulfonamides is 1. The third-order valence-corrected chi connectivity index (χ3v) is 5.95. The molecule has 1 heterocycles. The van der Waals surface area contributed by atoms with E-state index in [1.54, 1.807) is 54.5 Å². The lowest BCUT2D eigenvalue weighted by Crippen LogP contribution is -2.27. The third-order valence-electron chi connectivity index (χ3n) is 4.08. The van der Waals surface area contributed by atoms with Gasteiger partial charge < -0.3 is 4.57 Å². The number of rotatable bonds is 5. The molecular weight excluding hydrogens is 415 g/mol. The summed E-state index contributed by atoms with van der Waals surface area (Å²) in [5, 5.41) is -0.561. The van der Waals surface area contributed by atoms with Crippen molar-refractivity contribution in [3.8, 4) is 5.69 Å². The van der Waals surface area contributed by atoms with Crippen LogP contribution in [-0.4, -0.2) is 18.0 Å². The fourth-order valence-corrected chi connectivity index (χ4v) is 4.09. The van der Waals surface area contributed by atoms with Crippen LogP contribution in [0.2, 0.25) is 5.02 Å². The Balaban J connectivity index is 1.82. The highest BCUT2D eigenvalue weighted by atomic mass is 35.5. The zero-order valence-electron chi connectivity index (χ0n) is 14.5. The molecule has 0 bridgehead atoms. The normalized spacial score (nSPS) is 13.5. The van der Waals surface area contributed by atoms with Crippen LogP contribution in [0, 0.1) is 0 Å². The zero-order chi connectivity index (χ0) is 20.5. The fraction of sp³-hybridized carbons (Fsp3) is 0.167. The molecule has 3 aromatic rings. The topological polar surface area (TPSA) is 64.0 Å². The van der Waals surface area contributed by atoms with Crippen LogP contribution in [0.1, 0.15) is 24.1 Å². The first-order chi connectivity index (χ1) is 13.1. The predicted molar refractivity (Wildman–Crippen MR) is 98.8 cm³/mol. The van der Waals surface area contributed by atoms with E-state index in [0.717, 1.165) is 17.8 Å². The lowest BCUT2D eigenvalue weighted by Gasteiger charge is -2.16. The van der Waals surface area contributed by atoms with Crippen LogP contribution in [0.4, 0.5) is 13.2 Å². The van der Waals surface area contributed by atoms with Crippen LogP contribution in [0.5, 0.6) is 0 Å². The number of hydrogen-bond donors (Lipinski definition) is 1. The van der Waals surface area contributed by atoms with Crippen LogP contribution in [-0.2, 0) is 16.2 Å². The summed E-state index contributed by atoms with van der Waals surface area (Å²) in [6, 6.07) is 8.85. The van der Waals surface area contributed by atoms with Crippen molar-refractivity contribution < 1.29 is 21.6 Å². The van der Waals surface area contributed by atoms with Crippen molar-refractivity contribution in [2.45, 2.75) is 24.0 Å². The number of nitrogens with zero attached hydrogens (tertiary/aromatic N) is 2. The average molecular weight is 430 g/mol. The lowest BCUT2D eigenvalue weighted by atomic mass is 10.1. The minimum atomic E-state index is -4.75. The second-order valence-electron chi connectivity index (χ2n) is 6.04. The largest absolute Gasteiger partial charge is 0.417 e. The number of hydrogen-bond acceptors (Lipinski definition) is 3. The molecule has 1 atom stereocenters. The number of alkyl halides is 3. The Labute approximate surface area is 164 Å². The van der Waals surface area contributed by atoms with Gasteiger partial charge in [-0.3, -0.25) is 0 Å². The minimum Gasteiger partial charge on any atom is -0.306 e. The van der Waals surface area contributed by atoms with E-state index < -0.39 is 37.7 Å². The molecule has 0 spiro atoms. The maximum Gasteiger partial charge on any atom is 0.417 e. The fourth-order valence-electron chi connectivity index (χ4n) is 2.60. The second-order valence-corrected chi connectivity index (χ2v) is 8.17. The van der Waals surface area contributed by atoms with Crippen molar-refractivity contribution in [1.82, 2.24) is 14.3 Å². The Morgan fingerprint density at radius 2 is 1.82 bits per heavy atom. The van der Waals surface area contributed by atoms with Gasteiger partial charge in [0.15, 0.2) is 0 Å². The summed E-state index contributed by atoms with van der Waals surface area (Å²) in [7, 11) is -4.18. The quantitative estimate of drug-likeness (QED) is 0.645. The summed E-state index contributed by atoms with van der Waals surface area (Å²) in [5.41, 5.74) is 0.288. The van der Waals surface area contributed by atoms with Crippen LogP contribution in [0.25, 0.3) is 5.69 Å². The van der Waals surface area contributed by atoms with Crippen molar-refractivity contribution in [3.05, 3.63) is 77.3 Å². The lowest BCUT2D eigenvalue weighted by molar-refractivity contribution is -0.137. The van der Waals surface area contributed by atoms with Gasteiger partial charge in [0.25, 0.3) is 0 Å². The Bertz CT molecular complexity index is 1070. The molecule has 0 saturated heterocycles. The second kappa shape index (κ2) is 7.57. The van der Waals surface area contributed by atoms with E-state index in [4.69, 9.17) is 11.6 Å². The van der Waals surface area contributed by atoms with Gasteiger partial charge in [-0.15, -0.1) is 0 Å². The Morgan fingerprint density at radius 1 is 1.14 bits per heavy atom. The Kier molecular flexibility index (Phi) is 5.51. The summed E-state index contributed by atoms with van der Waals surface area (Å²) in [4.78, 5) is 3.44. The van der Waals surface area contributed by atoms with Gasteiger partial charge in [-0.05, 0) is 42.8 Å². The molecule has 0 aliphatic rings. The van der Waals surface area contributed by atoms with E-state index in [1.807, 2.05) is 0 Å². The van der Waals surface area contributed by atoms with Gasteiger partial charge in [-0.1, -0.05) is 23.7 Å². The number of benzene rings is 2. The van der Waals surface area contributed by atoms with Gasteiger partial charge >= 0.3 is 6.18 Å². The number of nitrogens with one attached hydrogen (secondary N) is 1. The molecule has 0 saturated carbocycles. The van der Waals surface area contributed by atoms with Crippen LogP contribution < -0.4 is 4.72 Å². The number of halogens is 4. The Hall–Kier alpha value is -2.36. The SMILES string of the molecule is C[C@H](NS(=O)(=O)c1ccc(Cl)c(C(F)(F)F)c1)c1ccc(-n2ccnc2)cc1. The average Bonchev–Trinajstić information content (AvgIpc) is 3.15. The molecule has 0 radical (unpaired) electrons. The monoisotopic (exact) mass is 429 g/mol. The van der Waals surface area contributed by atoms with Gasteiger partial charge in [0, 0.05) is 24.1 Å². The van der Waals surface area contributed by atoms with Crippen LogP contribution >= 0.6 is 11.6 Å². The molecule has 28 heavy (non-hydrogen) atoms. The summed E-state index contributed by atoms with van der Waals surface area (Å²) < 4.78 is 68.2. The summed E-state index contributed by atoms with van der Waals surface area (Å²) >= 11 is 5.55. The van der Waals surface area contributed by atoms with Crippen molar-refractivity contribution >= 4 is 21.6 Å². The van der Waals surface area contributed by atoms with Gasteiger partial charge in [-0.2, -0.15) is 13.2 Å². The van der Waals surface area contributed by atoms with E-state index in [9.17, 15) is 21.6 Å². The van der Waals surface area contributed by atoms with E-state index >= 15 is 0 Å².